The van der Waals surface area contributed by atoms with Gasteiger partial charge in [-0.3, -0.25) is 0 Å². The van der Waals surface area contributed by atoms with E-state index in [1.165, 1.54) is 12.1 Å². The zero-order chi connectivity index (χ0) is 18.1. The molecule has 2 aromatic carbocycles. The molecule has 25 heavy (non-hydrogen) atoms. The Morgan fingerprint density at radius 3 is 1.68 bits per heavy atom. The van der Waals surface area contributed by atoms with E-state index in [1.54, 1.807) is 0 Å². The lowest BCUT2D eigenvalue weighted by molar-refractivity contribution is 0.500. The molecule has 0 saturated carbocycles. The third-order valence-electron chi connectivity index (χ3n) is 4.53. The van der Waals surface area contributed by atoms with Crippen molar-refractivity contribution in [2.75, 3.05) is 0 Å². The molecule has 3 rings (SSSR count). The van der Waals surface area contributed by atoms with Crippen molar-refractivity contribution in [1.29, 1.82) is 0 Å². The second kappa shape index (κ2) is 7.06. The van der Waals surface area contributed by atoms with Gasteiger partial charge < -0.3 is 4.42 Å². The molecule has 0 fully saturated rings. The van der Waals surface area contributed by atoms with E-state index >= 15 is 0 Å². The zero-order valence-electron chi connectivity index (χ0n) is 14.3. The van der Waals surface area contributed by atoms with Crippen LogP contribution in [-0.4, -0.2) is 0 Å². The first-order chi connectivity index (χ1) is 12.0. The number of halogens is 4. The fraction of sp³-hybridized carbons (Fsp3) is 0.400. The first-order valence-corrected chi connectivity index (χ1v) is 8.69. The SMILES string of the molecule is CCCCCc1cc2oc3cc(CCC)c(F)c(F)c3c2c(F)c1F. The van der Waals surface area contributed by atoms with Crippen LogP contribution in [0.2, 0.25) is 0 Å². The second-order valence-corrected chi connectivity index (χ2v) is 6.38. The lowest BCUT2D eigenvalue weighted by atomic mass is 10.0. The maximum absolute atomic E-state index is 14.6. The molecule has 0 aliphatic rings. The third kappa shape index (κ3) is 3.00. The number of hydrogen-bond donors (Lipinski definition) is 0. The molecule has 1 heterocycles. The Morgan fingerprint density at radius 1 is 0.680 bits per heavy atom. The normalized spacial score (nSPS) is 11.8. The summed E-state index contributed by atoms with van der Waals surface area (Å²) in [6, 6.07) is 2.78. The van der Waals surface area contributed by atoms with Crippen molar-refractivity contribution in [2.45, 2.75) is 52.4 Å². The summed E-state index contributed by atoms with van der Waals surface area (Å²) in [5.74, 6) is -4.39. The third-order valence-corrected chi connectivity index (χ3v) is 4.53. The number of benzene rings is 2. The van der Waals surface area contributed by atoms with Gasteiger partial charge in [0, 0.05) is 0 Å². The monoisotopic (exact) mass is 352 g/mol. The Kier molecular flexibility index (Phi) is 5.02. The first kappa shape index (κ1) is 17.8. The van der Waals surface area contributed by atoms with Crippen molar-refractivity contribution in [3.8, 4) is 0 Å². The summed E-state index contributed by atoms with van der Waals surface area (Å²) in [7, 11) is 0. The fourth-order valence-corrected chi connectivity index (χ4v) is 3.25. The summed E-state index contributed by atoms with van der Waals surface area (Å²) in [5.41, 5.74) is 0.469. The molecule has 0 aliphatic heterocycles. The summed E-state index contributed by atoms with van der Waals surface area (Å²) >= 11 is 0. The minimum atomic E-state index is -1.18. The van der Waals surface area contributed by atoms with E-state index in [0.717, 1.165) is 19.3 Å². The molecular weight excluding hydrogens is 332 g/mol. The largest absolute Gasteiger partial charge is 0.456 e. The number of hydrogen-bond acceptors (Lipinski definition) is 1. The van der Waals surface area contributed by atoms with Gasteiger partial charge in [0.2, 0.25) is 0 Å². The molecule has 0 N–H and O–H groups in total. The molecule has 5 heteroatoms. The molecule has 0 aliphatic carbocycles. The molecule has 0 bridgehead atoms. The highest BCUT2D eigenvalue weighted by atomic mass is 19.2. The van der Waals surface area contributed by atoms with E-state index < -0.39 is 23.3 Å². The Balaban J connectivity index is 2.23. The number of aryl methyl sites for hydroxylation is 2. The van der Waals surface area contributed by atoms with Crippen LogP contribution in [-0.2, 0) is 12.8 Å². The van der Waals surface area contributed by atoms with Gasteiger partial charge in [-0.25, -0.2) is 17.6 Å². The average Bonchev–Trinajstić information content (AvgIpc) is 2.95. The van der Waals surface area contributed by atoms with E-state index in [-0.39, 0.29) is 33.1 Å². The highest BCUT2D eigenvalue weighted by Gasteiger charge is 2.24. The van der Waals surface area contributed by atoms with Gasteiger partial charge in [-0.05, 0) is 42.5 Å². The molecule has 0 atom stereocenters. The summed E-state index contributed by atoms with van der Waals surface area (Å²) in [5, 5.41) is -0.657. The summed E-state index contributed by atoms with van der Waals surface area (Å²) < 4.78 is 63.2. The molecule has 1 nitrogen and oxygen atoms in total. The van der Waals surface area contributed by atoms with Gasteiger partial charge >= 0.3 is 0 Å². The smallest absolute Gasteiger partial charge is 0.170 e. The van der Waals surface area contributed by atoms with Crippen molar-refractivity contribution in [2.24, 2.45) is 0 Å². The van der Waals surface area contributed by atoms with Crippen LogP contribution in [0.15, 0.2) is 16.5 Å². The van der Waals surface area contributed by atoms with Gasteiger partial charge in [-0.1, -0.05) is 33.1 Å². The molecule has 3 aromatic rings. The Labute approximate surface area is 143 Å². The highest BCUT2D eigenvalue weighted by molar-refractivity contribution is 6.06. The predicted octanol–water partition coefficient (Wildman–Crippen LogP) is 6.83. The molecular formula is C20H20F4O. The zero-order valence-corrected chi connectivity index (χ0v) is 14.3. The van der Waals surface area contributed by atoms with E-state index in [9.17, 15) is 17.6 Å². The summed E-state index contributed by atoms with van der Waals surface area (Å²) in [6.45, 7) is 3.86. The number of unbranched alkanes of at least 4 members (excludes halogenated alkanes) is 2. The first-order valence-electron chi connectivity index (χ1n) is 8.69. The molecule has 0 saturated heterocycles. The van der Waals surface area contributed by atoms with Crippen LogP contribution >= 0.6 is 0 Å². The number of rotatable bonds is 6. The lowest BCUT2D eigenvalue weighted by Gasteiger charge is -2.05. The second-order valence-electron chi connectivity index (χ2n) is 6.38. The van der Waals surface area contributed by atoms with Crippen molar-refractivity contribution in [1.82, 2.24) is 0 Å². The van der Waals surface area contributed by atoms with E-state index in [4.69, 9.17) is 4.42 Å². The van der Waals surface area contributed by atoms with Gasteiger partial charge in [0.1, 0.15) is 11.2 Å². The van der Waals surface area contributed by atoms with E-state index in [2.05, 4.69) is 0 Å². The fourth-order valence-electron chi connectivity index (χ4n) is 3.25. The Morgan fingerprint density at radius 2 is 1.20 bits per heavy atom. The minimum absolute atomic E-state index is 0.0429. The topological polar surface area (TPSA) is 13.1 Å². The maximum Gasteiger partial charge on any atom is 0.170 e. The quantitative estimate of drug-likeness (QED) is 0.350. The standard InChI is InChI=1S/C20H20F4O/c1-3-5-6-8-12-10-14-16(20(24)18(12)22)15-13(25-14)9-11(7-4-2)17(21)19(15)23/h9-10H,3-8H2,1-2H3. The maximum atomic E-state index is 14.6. The predicted molar refractivity (Wildman–Crippen MR) is 90.8 cm³/mol. The lowest BCUT2D eigenvalue weighted by Crippen LogP contribution is -1.97. The van der Waals surface area contributed by atoms with Crippen molar-refractivity contribution in [3.05, 3.63) is 46.5 Å². The Bertz CT molecular complexity index is 927. The minimum Gasteiger partial charge on any atom is -0.456 e. The molecule has 0 unspecified atom stereocenters. The van der Waals surface area contributed by atoms with Gasteiger partial charge in [-0.15, -0.1) is 0 Å². The molecule has 1 aromatic heterocycles. The molecule has 0 spiro atoms. The number of furan rings is 1. The van der Waals surface area contributed by atoms with Crippen LogP contribution in [0.1, 0.15) is 50.7 Å². The van der Waals surface area contributed by atoms with Crippen LogP contribution in [0.25, 0.3) is 21.9 Å². The van der Waals surface area contributed by atoms with Crippen LogP contribution in [0.3, 0.4) is 0 Å². The van der Waals surface area contributed by atoms with Gasteiger partial charge in [0.05, 0.1) is 10.8 Å². The summed E-state index contributed by atoms with van der Waals surface area (Å²) in [6.07, 6.45) is 3.94. The molecule has 0 amide bonds. The van der Waals surface area contributed by atoms with Crippen LogP contribution < -0.4 is 0 Å². The van der Waals surface area contributed by atoms with Crippen molar-refractivity contribution < 1.29 is 22.0 Å². The van der Waals surface area contributed by atoms with Crippen LogP contribution in [0.5, 0.6) is 0 Å². The summed E-state index contributed by atoms with van der Waals surface area (Å²) in [4.78, 5) is 0. The average molecular weight is 352 g/mol. The van der Waals surface area contributed by atoms with Gasteiger partial charge in [-0.2, -0.15) is 0 Å². The van der Waals surface area contributed by atoms with Crippen molar-refractivity contribution >= 4 is 21.9 Å². The Hall–Kier alpha value is -2.04. The van der Waals surface area contributed by atoms with Crippen molar-refractivity contribution in [3.63, 3.8) is 0 Å². The van der Waals surface area contributed by atoms with E-state index in [0.29, 0.717) is 19.3 Å². The van der Waals surface area contributed by atoms with Gasteiger partial charge in [0.15, 0.2) is 23.3 Å². The highest BCUT2D eigenvalue weighted by Crippen LogP contribution is 2.37. The van der Waals surface area contributed by atoms with E-state index in [1.807, 2.05) is 13.8 Å². The number of fused-ring (bicyclic) bond motifs is 3. The van der Waals surface area contributed by atoms with Crippen LogP contribution in [0.4, 0.5) is 17.6 Å². The molecule has 134 valence electrons. The van der Waals surface area contributed by atoms with Crippen LogP contribution in [0, 0.1) is 23.3 Å². The molecule has 0 radical (unpaired) electrons. The van der Waals surface area contributed by atoms with Gasteiger partial charge in [0.25, 0.3) is 0 Å².